The van der Waals surface area contributed by atoms with Gasteiger partial charge in [0.2, 0.25) is 0 Å². The van der Waals surface area contributed by atoms with Crippen LogP contribution in [0.25, 0.3) is 0 Å². The number of urea groups is 1. The Bertz CT molecular complexity index is 690. The Morgan fingerprint density at radius 1 is 1.27 bits per heavy atom. The van der Waals surface area contributed by atoms with Crippen molar-refractivity contribution in [2.45, 2.75) is 19.9 Å². The number of halogens is 2. The molecule has 22 heavy (non-hydrogen) atoms. The van der Waals surface area contributed by atoms with Crippen LogP contribution in [0, 0.1) is 12.7 Å². The van der Waals surface area contributed by atoms with Crippen molar-refractivity contribution in [2.75, 3.05) is 12.4 Å². The average molecular weight is 321 g/mol. The van der Waals surface area contributed by atoms with Gasteiger partial charge in [-0.05, 0) is 43.7 Å². The van der Waals surface area contributed by atoms with Crippen molar-refractivity contribution < 1.29 is 9.18 Å². The van der Waals surface area contributed by atoms with Crippen molar-refractivity contribution in [1.82, 2.24) is 4.90 Å². The van der Waals surface area contributed by atoms with Gasteiger partial charge in [-0.2, -0.15) is 0 Å². The van der Waals surface area contributed by atoms with Gasteiger partial charge in [0.15, 0.2) is 0 Å². The first-order valence-electron chi connectivity index (χ1n) is 6.94. The molecule has 1 unspecified atom stereocenters. The van der Waals surface area contributed by atoms with Crippen LogP contribution in [-0.4, -0.2) is 18.0 Å². The van der Waals surface area contributed by atoms with E-state index < -0.39 is 0 Å². The smallest absolute Gasteiger partial charge is 0.321 e. The molecule has 0 aliphatic carbocycles. The summed E-state index contributed by atoms with van der Waals surface area (Å²) in [5, 5.41) is 3.43. The van der Waals surface area contributed by atoms with E-state index in [-0.39, 0.29) is 17.9 Å². The molecular formula is C17H18ClFN2O. The highest BCUT2D eigenvalue weighted by Gasteiger charge is 2.20. The molecule has 116 valence electrons. The molecule has 0 saturated carbocycles. The van der Waals surface area contributed by atoms with Crippen molar-refractivity contribution >= 4 is 23.3 Å². The zero-order valence-electron chi connectivity index (χ0n) is 12.7. The van der Waals surface area contributed by atoms with E-state index in [0.717, 1.165) is 5.56 Å². The number of rotatable bonds is 3. The quantitative estimate of drug-likeness (QED) is 0.846. The summed E-state index contributed by atoms with van der Waals surface area (Å²) in [5.41, 5.74) is 2.03. The standard InChI is InChI=1S/C17H18ClFN2O/c1-11-10-13(18)8-9-16(11)20-17(22)21(3)12(2)14-6-4-5-7-15(14)19/h4-10,12H,1-3H3,(H,20,22). The highest BCUT2D eigenvalue weighted by Crippen LogP contribution is 2.24. The summed E-state index contributed by atoms with van der Waals surface area (Å²) in [7, 11) is 1.64. The Morgan fingerprint density at radius 3 is 2.59 bits per heavy atom. The molecule has 0 bridgehead atoms. The Morgan fingerprint density at radius 2 is 1.95 bits per heavy atom. The Hall–Kier alpha value is -2.07. The number of hydrogen-bond acceptors (Lipinski definition) is 1. The van der Waals surface area contributed by atoms with Crippen LogP contribution in [0.4, 0.5) is 14.9 Å². The summed E-state index contributed by atoms with van der Waals surface area (Å²) in [5.74, 6) is -0.322. The van der Waals surface area contributed by atoms with Gasteiger partial charge in [0.1, 0.15) is 5.82 Å². The van der Waals surface area contributed by atoms with Gasteiger partial charge in [0.25, 0.3) is 0 Å². The van der Waals surface area contributed by atoms with Gasteiger partial charge in [-0.3, -0.25) is 0 Å². The van der Waals surface area contributed by atoms with Crippen LogP contribution < -0.4 is 5.32 Å². The maximum absolute atomic E-state index is 13.8. The second-order valence-corrected chi connectivity index (χ2v) is 5.63. The molecule has 0 fully saturated rings. The van der Waals surface area contributed by atoms with E-state index in [1.807, 2.05) is 6.92 Å². The number of benzene rings is 2. The first-order chi connectivity index (χ1) is 10.4. The molecule has 2 aromatic rings. The number of amides is 2. The Labute approximate surface area is 134 Å². The van der Waals surface area contributed by atoms with Crippen molar-refractivity contribution in [2.24, 2.45) is 0 Å². The lowest BCUT2D eigenvalue weighted by atomic mass is 10.1. The lowest BCUT2D eigenvalue weighted by molar-refractivity contribution is 0.207. The molecule has 0 aliphatic heterocycles. The summed E-state index contributed by atoms with van der Waals surface area (Å²) in [6.45, 7) is 3.65. The van der Waals surface area contributed by atoms with E-state index in [9.17, 15) is 9.18 Å². The third-order valence-electron chi connectivity index (χ3n) is 3.69. The first kappa shape index (κ1) is 16.3. The molecule has 0 aliphatic rings. The van der Waals surface area contributed by atoms with E-state index in [2.05, 4.69) is 5.32 Å². The fraction of sp³-hybridized carbons (Fsp3) is 0.235. The molecule has 1 N–H and O–H groups in total. The fourth-order valence-electron chi connectivity index (χ4n) is 2.17. The second-order valence-electron chi connectivity index (χ2n) is 5.20. The highest BCUT2D eigenvalue weighted by atomic mass is 35.5. The predicted octanol–water partition coefficient (Wildman–Crippen LogP) is 5.01. The van der Waals surface area contributed by atoms with E-state index in [1.54, 1.807) is 50.4 Å². The van der Waals surface area contributed by atoms with E-state index in [1.165, 1.54) is 11.0 Å². The summed E-state index contributed by atoms with van der Waals surface area (Å²) in [6.07, 6.45) is 0. The van der Waals surface area contributed by atoms with E-state index >= 15 is 0 Å². The molecule has 0 heterocycles. The van der Waals surface area contributed by atoms with Crippen LogP contribution in [0.5, 0.6) is 0 Å². The zero-order valence-corrected chi connectivity index (χ0v) is 13.5. The third kappa shape index (κ3) is 3.57. The van der Waals surface area contributed by atoms with Crippen LogP contribution >= 0.6 is 11.6 Å². The van der Waals surface area contributed by atoms with Crippen LogP contribution in [0.2, 0.25) is 5.02 Å². The van der Waals surface area contributed by atoms with Gasteiger partial charge in [0.05, 0.1) is 6.04 Å². The highest BCUT2D eigenvalue weighted by molar-refractivity contribution is 6.30. The van der Waals surface area contributed by atoms with Gasteiger partial charge in [-0.1, -0.05) is 29.8 Å². The van der Waals surface area contributed by atoms with E-state index in [4.69, 9.17) is 11.6 Å². The third-order valence-corrected chi connectivity index (χ3v) is 3.92. The minimum atomic E-state index is -0.381. The molecule has 3 nitrogen and oxygen atoms in total. The normalized spacial score (nSPS) is 11.9. The Kier molecular flexibility index (Phi) is 5.03. The number of nitrogens with zero attached hydrogens (tertiary/aromatic N) is 1. The van der Waals surface area contributed by atoms with Crippen LogP contribution in [0.1, 0.15) is 24.1 Å². The molecule has 0 radical (unpaired) electrons. The van der Waals surface area contributed by atoms with Crippen molar-refractivity contribution in [1.29, 1.82) is 0 Å². The summed E-state index contributed by atoms with van der Waals surface area (Å²) in [4.78, 5) is 13.8. The molecule has 5 heteroatoms. The van der Waals surface area contributed by atoms with Gasteiger partial charge in [-0.25, -0.2) is 9.18 Å². The summed E-state index contributed by atoms with van der Waals surface area (Å²) < 4.78 is 13.8. The monoisotopic (exact) mass is 320 g/mol. The number of aryl methyl sites for hydroxylation is 1. The SMILES string of the molecule is Cc1cc(Cl)ccc1NC(=O)N(C)C(C)c1ccccc1F. The second kappa shape index (κ2) is 6.79. The van der Waals surface area contributed by atoms with Gasteiger partial charge in [-0.15, -0.1) is 0 Å². The largest absolute Gasteiger partial charge is 0.322 e. The van der Waals surface area contributed by atoms with Crippen LogP contribution in [0.3, 0.4) is 0 Å². The molecule has 2 rings (SSSR count). The topological polar surface area (TPSA) is 32.3 Å². The molecular weight excluding hydrogens is 303 g/mol. The summed E-state index contributed by atoms with van der Waals surface area (Å²) >= 11 is 5.90. The molecule has 1 atom stereocenters. The minimum absolute atomic E-state index is 0.304. The summed E-state index contributed by atoms with van der Waals surface area (Å²) in [6, 6.07) is 11.0. The van der Waals surface area contributed by atoms with Gasteiger partial charge in [0, 0.05) is 23.3 Å². The lowest BCUT2D eigenvalue weighted by Gasteiger charge is -2.26. The molecule has 0 spiro atoms. The van der Waals surface area contributed by atoms with Gasteiger partial charge < -0.3 is 10.2 Å². The van der Waals surface area contributed by atoms with E-state index in [0.29, 0.717) is 16.3 Å². The molecule has 2 aromatic carbocycles. The number of carbonyl (C=O) groups excluding carboxylic acids is 1. The van der Waals surface area contributed by atoms with Gasteiger partial charge >= 0.3 is 6.03 Å². The average Bonchev–Trinajstić information content (AvgIpc) is 2.49. The lowest BCUT2D eigenvalue weighted by Crippen LogP contribution is -2.34. The number of carbonyl (C=O) groups is 1. The number of anilines is 1. The maximum atomic E-state index is 13.8. The van der Waals surface area contributed by atoms with Crippen molar-refractivity contribution in [3.63, 3.8) is 0 Å². The first-order valence-corrected chi connectivity index (χ1v) is 7.32. The zero-order chi connectivity index (χ0) is 16.3. The Balaban J connectivity index is 2.13. The van der Waals surface area contributed by atoms with Crippen molar-refractivity contribution in [3.05, 3.63) is 64.4 Å². The molecule has 0 aromatic heterocycles. The molecule has 0 saturated heterocycles. The molecule has 2 amide bonds. The van der Waals surface area contributed by atoms with Crippen molar-refractivity contribution in [3.8, 4) is 0 Å². The number of nitrogens with one attached hydrogen (secondary N) is 1. The van der Waals surface area contributed by atoms with Crippen LogP contribution in [-0.2, 0) is 0 Å². The van der Waals surface area contributed by atoms with Crippen LogP contribution in [0.15, 0.2) is 42.5 Å². The predicted molar refractivity (Wildman–Crippen MR) is 87.8 cm³/mol. The maximum Gasteiger partial charge on any atom is 0.322 e. The minimum Gasteiger partial charge on any atom is -0.321 e. The number of hydrogen-bond donors (Lipinski definition) is 1. The fourth-order valence-corrected chi connectivity index (χ4v) is 2.40.